The normalized spacial score (nSPS) is 30.7. The molecule has 162 valence electrons. The summed E-state index contributed by atoms with van der Waals surface area (Å²) < 4.78 is 0. The highest BCUT2D eigenvalue weighted by atomic mass is 16.2. The molecule has 4 heterocycles. The molecule has 0 aliphatic carbocycles. The van der Waals surface area contributed by atoms with Gasteiger partial charge in [-0.15, -0.1) is 0 Å². The molecular formula is C25H35N3O2. The molecule has 5 rings (SSSR count). The summed E-state index contributed by atoms with van der Waals surface area (Å²) in [5.41, 5.74) is 1.72. The van der Waals surface area contributed by atoms with Crippen molar-refractivity contribution < 1.29 is 9.59 Å². The summed E-state index contributed by atoms with van der Waals surface area (Å²) >= 11 is 0. The summed E-state index contributed by atoms with van der Waals surface area (Å²) in [5.74, 6) is 0.485. The molecule has 5 nitrogen and oxygen atoms in total. The molecule has 0 unspecified atom stereocenters. The Balaban J connectivity index is 1.36. The number of aryl methyl sites for hydroxylation is 1. The summed E-state index contributed by atoms with van der Waals surface area (Å²) in [6, 6.07) is 9.30. The summed E-state index contributed by atoms with van der Waals surface area (Å²) in [4.78, 5) is 33.3. The molecule has 0 bridgehead atoms. The number of amides is 2. The Morgan fingerprint density at radius 3 is 2.47 bits per heavy atom. The first-order chi connectivity index (χ1) is 14.6. The second kappa shape index (κ2) is 7.99. The van der Waals surface area contributed by atoms with Crippen molar-refractivity contribution >= 4 is 11.8 Å². The number of hydrogen-bond donors (Lipinski definition) is 0. The van der Waals surface area contributed by atoms with Gasteiger partial charge in [-0.3, -0.25) is 9.59 Å². The molecular weight excluding hydrogens is 374 g/mol. The van der Waals surface area contributed by atoms with Gasteiger partial charge in [0.05, 0.1) is 5.41 Å². The van der Waals surface area contributed by atoms with Gasteiger partial charge in [-0.25, -0.2) is 0 Å². The molecule has 0 N–H and O–H groups in total. The van der Waals surface area contributed by atoms with E-state index in [9.17, 15) is 9.59 Å². The molecule has 4 saturated heterocycles. The number of carbonyl (C=O) groups excluding carboxylic acids is 2. The number of piperidine rings is 2. The van der Waals surface area contributed by atoms with Crippen LogP contribution < -0.4 is 0 Å². The van der Waals surface area contributed by atoms with Crippen molar-refractivity contribution in [3.05, 3.63) is 35.4 Å². The fourth-order valence-corrected chi connectivity index (χ4v) is 6.43. The van der Waals surface area contributed by atoms with Crippen LogP contribution in [-0.2, 0) is 15.0 Å². The minimum atomic E-state index is -0.565. The minimum Gasteiger partial charge on any atom is -0.342 e. The van der Waals surface area contributed by atoms with Gasteiger partial charge in [-0.2, -0.15) is 0 Å². The lowest BCUT2D eigenvalue weighted by Gasteiger charge is -2.42. The Hall–Kier alpha value is -1.88. The Morgan fingerprint density at radius 2 is 1.77 bits per heavy atom. The highest BCUT2D eigenvalue weighted by molar-refractivity contribution is 5.91. The standard InChI is InChI=1S/C25H35N3O2/c1-19-6-5-7-20(16-19)25(17-22-8-9-23(29)28(22)18-25)24(30)27-14-10-21(11-15-27)26-12-3-2-4-13-26/h5-7,16,21-22H,2-4,8-15,17-18H2,1H3/t22-,25-/m0/s1. The Kier molecular flexibility index (Phi) is 5.34. The van der Waals surface area contributed by atoms with E-state index in [1.165, 1.54) is 37.9 Å². The predicted molar refractivity (Wildman–Crippen MR) is 117 cm³/mol. The number of nitrogens with zero attached hydrogens (tertiary/aromatic N) is 3. The lowest BCUT2D eigenvalue weighted by molar-refractivity contribution is -0.139. The molecule has 1 aromatic carbocycles. The first-order valence-electron chi connectivity index (χ1n) is 12.0. The average molecular weight is 410 g/mol. The Labute approximate surface area is 180 Å². The van der Waals surface area contributed by atoms with Gasteiger partial charge in [-0.1, -0.05) is 36.2 Å². The van der Waals surface area contributed by atoms with E-state index in [1.54, 1.807) is 0 Å². The predicted octanol–water partition coefficient (Wildman–Crippen LogP) is 3.10. The molecule has 2 amide bonds. The second-order valence-electron chi connectivity index (χ2n) is 9.99. The van der Waals surface area contributed by atoms with Gasteiger partial charge in [0.15, 0.2) is 0 Å². The van der Waals surface area contributed by atoms with Crippen LogP contribution in [0.2, 0.25) is 0 Å². The van der Waals surface area contributed by atoms with Crippen molar-refractivity contribution in [2.75, 3.05) is 32.7 Å². The van der Waals surface area contributed by atoms with Gasteiger partial charge in [0.25, 0.3) is 0 Å². The van der Waals surface area contributed by atoms with Crippen LogP contribution in [0, 0.1) is 6.92 Å². The first kappa shape index (κ1) is 20.0. The van der Waals surface area contributed by atoms with Gasteiger partial charge in [0.1, 0.15) is 0 Å². The molecule has 0 spiro atoms. The van der Waals surface area contributed by atoms with E-state index in [0.29, 0.717) is 19.0 Å². The fraction of sp³-hybridized carbons (Fsp3) is 0.680. The molecule has 0 saturated carbocycles. The zero-order valence-corrected chi connectivity index (χ0v) is 18.3. The van der Waals surface area contributed by atoms with Crippen LogP contribution in [0.3, 0.4) is 0 Å². The Morgan fingerprint density at radius 1 is 1.00 bits per heavy atom. The molecule has 4 aliphatic heterocycles. The number of carbonyl (C=O) groups is 2. The van der Waals surface area contributed by atoms with Gasteiger partial charge < -0.3 is 14.7 Å². The first-order valence-corrected chi connectivity index (χ1v) is 12.0. The van der Waals surface area contributed by atoms with Crippen LogP contribution >= 0.6 is 0 Å². The summed E-state index contributed by atoms with van der Waals surface area (Å²) in [6.45, 7) is 6.81. The van der Waals surface area contributed by atoms with Crippen LogP contribution in [-0.4, -0.2) is 71.3 Å². The molecule has 5 heteroatoms. The van der Waals surface area contributed by atoms with Crippen LogP contribution in [0.25, 0.3) is 0 Å². The number of benzene rings is 1. The maximum atomic E-state index is 14.0. The zero-order chi connectivity index (χ0) is 20.7. The highest BCUT2D eigenvalue weighted by Crippen LogP contribution is 2.44. The van der Waals surface area contributed by atoms with Crippen molar-refractivity contribution in [3.63, 3.8) is 0 Å². The van der Waals surface area contributed by atoms with Crippen LogP contribution in [0.1, 0.15) is 62.5 Å². The van der Waals surface area contributed by atoms with Crippen molar-refractivity contribution in [1.82, 2.24) is 14.7 Å². The maximum Gasteiger partial charge on any atom is 0.235 e. The quantitative estimate of drug-likeness (QED) is 0.771. The van der Waals surface area contributed by atoms with Crippen LogP contribution in [0.15, 0.2) is 24.3 Å². The number of likely N-dealkylation sites (tertiary alicyclic amines) is 2. The summed E-state index contributed by atoms with van der Waals surface area (Å²) in [5, 5.41) is 0. The van der Waals surface area contributed by atoms with E-state index < -0.39 is 5.41 Å². The molecule has 4 fully saturated rings. The molecule has 30 heavy (non-hydrogen) atoms. The van der Waals surface area contributed by atoms with E-state index in [-0.39, 0.29) is 17.9 Å². The van der Waals surface area contributed by atoms with E-state index in [1.807, 2.05) is 4.90 Å². The minimum absolute atomic E-state index is 0.228. The number of hydrogen-bond acceptors (Lipinski definition) is 3. The third-order valence-corrected chi connectivity index (χ3v) is 8.12. The topological polar surface area (TPSA) is 43.9 Å². The fourth-order valence-electron chi connectivity index (χ4n) is 6.43. The molecule has 0 radical (unpaired) electrons. The van der Waals surface area contributed by atoms with Crippen LogP contribution in [0.5, 0.6) is 0 Å². The van der Waals surface area contributed by atoms with Crippen molar-refractivity contribution in [1.29, 1.82) is 0 Å². The SMILES string of the molecule is Cc1cccc([C@]2(C(=O)N3CCC(N4CCCCC4)CC3)C[C@@H]3CCC(=O)N3C2)c1. The largest absolute Gasteiger partial charge is 0.342 e. The monoisotopic (exact) mass is 409 g/mol. The average Bonchev–Trinajstić information content (AvgIpc) is 3.34. The van der Waals surface area contributed by atoms with Crippen molar-refractivity contribution in [2.45, 2.75) is 75.8 Å². The maximum absolute atomic E-state index is 14.0. The van der Waals surface area contributed by atoms with Gasteiger partial charge >= 0.3 is 0 Å². The van der Waals surface area contributed by atoms with Gasteiger partial charge in [0.2, 0.25) is 11.8 Å². The van der Waals surface area contributed by atoms with E-state index in [0.717, 1.165) is 44.3 Å². The van der Waals surface area contributed by atoms with Crippen molar-refractivity contribution in [2.24, 2.45) is 0 Å². The lowest BCUT2D eigenvalue weighted by atomic mass is 9.75. The van der Waals surface area contributed by atoms with Gasteiger partial charge in [0, 0.05) is 38.1 Å². The van der Waals surface area contributed by atoms with E-state index >= 15 is 0 Å². The highest BCUT2D eigenvalue weighted by Gasteiger charge is 2.55. The molecule has 2 atom stereocenters. The third kappa shape index (κ3) is 3.45. The van der Waals surface area contributed by atoms with Crippen LogP contribution in [0.4, 0.5) is 0 Å². The third-order valence-electron chi connectivity index (χ3n) is 8.12. The smallest absolute Gasteiger partial charge is 0.235 e. The van der Waals surface area contributed by atoms with E-state index in [4.69, 9.17) is 0 Å². The summed E-state index contributed by atoms with van der Waals surface area (Å²) in [6.07, 6.45) is 8.50. The second-order valence-corrected chi connectivity index (χ2v) is 9.99. The van der Waals surface area contributed by atoms with E-state index in [2.05, 4.69) is 41.0 Å². The molecule has 1 aromatic rings. The zero-order valence-electron chi connectivity index (χ0n) is 18.3. The molecule has 0 aromatic heterocycles. The number of rotatable bonds is 3. The number of fused-ring (bicyclic) bond motifs is 1. The van der Waals surface area contributed by atoms with Crippen molar-refractivity contribution in [3.8, 4) is 0 Å². The lowest BCUT2D eigenvalue weighted by Crippen LogP contribution is -2.54. The van der Waals surface area contributed by atoms with Gasteiger partial charge in [-0.05, 0) is 64.1 Å². The molecule has 4 aliphatic rings. The Bertz CT molecular complexity index is 810. The summed E-state index contributed by atoms with van der Waals surface area (Å²) in [7, 11) is 0.